The highest BCUT2D eigenvalue weighted by Crippen LogP contribution is 2.29. The number of carbonyl (C=O) groups is 2. The van der Waals surface area contributed by atoms with Gasteiger partial charge in [-0.15, -0.1) is 16.4 Å². The Balaban J connectivity index is 1.50. The Morgan fingerprint density at radius 1 is 1.46 bits per heavy atom. The van der Waals surface area contributed by atoms with Crippen LogP contribution in [-0.4, -0.2) is 32.2 Å². The number of hydrogen-bond donors (Lipinski definition) is 3. The second kappa shape index (κ2) is 8.68. The lowest BCUT2D eigenvalue weighted by atomic mass is 10.0. The first-order valence-corrected chi connectivity index (χ1v) is 10.5. The number of nitrogens with zero attached hydrogens (tertiary/aromatic N) is 2. The van der Waals surface area contributed by atoms with Crippen LogP contribution in [0.4, 0.5) is 5.00 Å². The highest BCUT2D eigenvalue weighted by Gasteiger charge is 2.20. The average Bonchev–Trinajstić information content (AvgIpc) is 3.34. The van der Waals surface area contributed by atoms with Gasteiger partial charge in [0.1, 0.15) is 10.8 Å². The van der Waals surface area contributed by atoms with Crippen LogP contribution in [-0.2, 0) is 11.2 Å². The van der Waals surface area contributed by atoms with Crippen molar-refractivity contribution in [1.82, 2.24) is 15.2 Å². The van der Waals surface area contributed by atoms with Crippen molar-refractivity contribution in [2.75, 3.05) is 5.32 Å². The van der Waals surface area contributed by atoms with Gasteiger partial charge in [-0.25, -0.2) is 4.98 Å². The third kappa shape index (κ3) is 4.85. The van der Waals surface area contributed by atoms with Gasteiger partial charge in [-0.05, 0) is 30.7 Å². The Morgan fingerprint density at radius 2 is 2.23 bits per heavy atom. The van der Waals surface area contributed by atoms with Crippen molar-refractivity contribution >= 4 is 39.9 Å². The highest BCUT2D eigenvalue weighted by atomic mass is 32.2. The maximum Gasteiger partial charge on any atom is 0.251 e. The normalized spacial score (nSPS) is 15.9. The summed E-state index contributed by atoms with van der Waals surface area (Å²) < 4.78 is 0. The van der Waals surface area contributed by atoms with Crippen LogP contribution >= 0.6 is 23.1 Å². The van der Waals surface area contributed by atoms with E-state index in [0.29, 0.717) is 15.7 Å². The minimum absolute atomic E-state index is 0.211. The summed E-state index contributed by atoms with van der Waals surface area (Å²) in [6, 6.07) is 1.60. The van der Waals surface area contributed by atoms with E-state index in [9.17, 15) is 9.59 Å². The van der Waals surface area contributed by atoms with E-state index in [2.05, 4.69) is 20.5 Å². The zero-order valence-corrected chi connectivity index (χ0v) is 16.3. The molecular weight excluding hydrogens is 370 g/mol. The maximum atomic E-state index is 12.4. The number of thioether (sulfide) groups is 1. The zero-order chi connectivity index (χ0) is 18.5. The van der Waals surface area contributed by atoms with E-state index in [1.807, 2.05) is 0 Å². The predicted octanol–water partition coefficient (Wildman–Crippen LogP) is 3.21. The zero-order valence-electron chi connectivity index (χ0n) is 14.7. The smallest absolute Gasteiger partial charge is 0.251 e. The number of aromatic nitrogens is 3. The van der Waals surface area contributed by atoms with Crippen LogP contribution in [0.5, 0.6) is 0 Å². The summed E-state index contributed by atoms with van der Waals surface area (Å²) in [4.78, 5) is 28.2. The van der Waals surface area contributed by atoms with Crippen LogP contribution in [0.15, 0.2) is 16.6 Å². The van der Waals surface area contributed by atoms with Crippen molar-refractivity contribution in [2.45, 2.75) is 55.9 Å². The summed E-state index contributed by atoms with van der Waals surface area (Å²) >= 11 is 2.56. The standard InChI is InChI=1S/C17H23N5O2S2/c1-10(15(24)20-16-12(14(18)23)8-9-25-16)26-17-19-13(21-22-17)7-6-11-4-2-3-5-11/h8-11H,2-7H2,1H3,(H2,18,23)(H,20,24)(H,19,21,22)/t10-/m1/s1. The van der Waals surface area contributed by atoms with Gasteiger partial charge in [0, 0.05) is 6.42 Å². The molecule has 7 nitrogen and oxygen atoms in total. The number of rotatable bonds is 8. The molecule has 140 valence electrons. The SMILES string of the molecule is C[C@@H](Sc1n[nH]c(CCC2CCCC2)n1)C(=O)Nc1sccc1C(N)=O. The number of hydrogen-bond acceptors (Lipinski definition) is 6. The number of aryl methyl sites for hydroxylation is 1. The molecule has 2 heterocycles. The van der Waals surface area contributed by atoms with Crippen LogP contribution in [0, 0.1) is 5.92 Å². The number of aromatic amines is 1. The lowest BCUT2D eigenvalue weighted by Crippen LogP contribution is -2.23. The monoisotopic (exact) mass is 393 g/mol. The van der Waals surface area contributed by atoms with Crippen LogP contribution in [0.2, 0.25) is 0 Å². The average molecular weight is 394 g/mol. The molecule has 0 spiro atoms. The Labute approximate surface area is 160 Å². The molecule has 3 rings (SSSR count). The van der Waals surface area contributed by atoms with Gasteiger partial charge in [0.2, 0.25) is 11.1 Å². The quantitative estimate of drug-likeness (QED) is 0.596. The molecule has 26 heavy (non-hydrogen) atoms. The summed E-state index contributed by atoms with van der Waals surface area (Å²) in [7, 11) is 0. The van der Waals surface area contributed by atoms with Crippen molar-refractivity contribution in [2.24, 2.45) is 11.7 Å². The predicted molar refractivity (Wildman–Crippen MR) is 103 cm³/mol. The summed E-state index contributed by atoms with van der Waals surface area (Å²) in [6.07, 6.45) is 7.37. The summed E-state index contributed by atoms with van der Waals surface area (Å²) in [5.41, 5.74) is 5.62. The molecule has 0 aromatic carbocycles. The molecule has 2 aromatic heterocycles. The molecule has 0 radical (unpaired) electrons. The van der Waals surface area contributed by atoms with Crippen LogP contribution < -0.4 is 11.1 Å². The molecule has 1 atom stereocenters. The van der Waals surface area contributed by atoms with E-state index >= 15 is 0 Å². The number of thiophene rings is 1. The van der Waals surface area contributed by atoms with E-state index in [0.717, 1.165) is 24.6 Å². The molecule has 4 N–H and O–H groups in total. The van der Waals surface area contributed by atoms with E-state index < -0.39 is 11.2 Å². The lowest BCUT2D eigenvalue weighted by Gasteiger charge is -2.09. The molecule has 9 heteroatoms. The van der Waals surface area contributed by atoms with E-state index in [-0.39, 0.29) is 5.91 Å². The molecule has 0 unspecified atom stereocenters. The van der Waals surface area contributed by atoms with Gasteiger partial charge in [0.25, 0.3) is 5.91 Å². The number of primary amides is 1. The van der Waals surface area contributed by atoms with Crippen molar-refractivity contribution in [3.63, 3.8) is 0 Å². The van der Waals surface area contributed by atoms with E-state index in [1.54, 1.807) is 18.4 Å². The molecule has 0 aliphatic heterocycles. The van der Waals surface area contributed by atoms with E-state index in [1.165, 1.54) is 48.8 Å². The molecule has 2 aromatic rings. The Bertz CT molecular complexity index is 767. The summed E-state index contributed by atoms with van der Waals surface area (Å²) in [6.45, 7) is 1.78. The number of H-pyrrole nitrogens is 1. The van der Waals surface area contributed by atoms with Crippen molar-refractivity contribution in [3.05, 3.63) is 22.8 Å². The molecule has 2 amide bonds. The van der Waals surface area contributed by atoms with Crippen molar-refractivity contribution in [1.29, 1.82) is 0 Å². The Kier molecular flexibility index (Phi) is 6.31. The highest BCUT2D eigenvalue weighted by molar-refractivity contribution is 8.00. The minimum Gasteiger partial charge on any atom is -0.366 e. The third-order valence-electron chi connectivity index (χ3n) is 4.59. The summed E-state index contributed by atoms with van der Waals surface area (Å²) in [5, 5.41) is 12.3. The van der Waals surface area contributed by atoms with Gasteiger partial charge in [0.05, 0.1) is 10.8 Å². The second-order valence-corrected chi connectivity index (χ2v) is 8.75. The lowest BCUT2D eigenvalue weighted by molar-refractivity contribution is -0.115. The first-order chi connectivity index (χ1) is 12.5. The largest absolute Gasteiger partial charge is 0.366 e. The van der Waals surface area contributed by atoms with Gasteiger partial charge in [-0.2, -0.15) is 0 Å². The fourth-order valence-electron chi connectivity index (χ4n) is 3.11. The molecule has 0 bridgehead atoms. The molecule has 1 aliphatic carbocycles. The van der Waals surface area contributed by atoms with Crippen LogP contribution in [0.1, 0.15) is 55.2 Å². The fraction of sp³-hybridized carbons (Fsp3) is 0.529. The minimum atomic E-state index is -0.553. The van der Waals surface area contributed by atoms with Crippen LogP contribution in [0.25, 0.3) is 0 Å². The number of nitrogens with one attached hydrogen (secondary N) is 2. The molecule has 0 saturated heterocycles. The van der Waals surface area contributed by atoms with E-state index in [4.69, 9.17) is 5.73 Å². The van der Waals surface area contributed by atoms with Gasteiger partial charge in [0.15, 0.2) is 0 Å². The fourth-order valence-corrected chi connectivity index (χ4v) is 4.65. The second-order valence-electron chi connectivity index (χ2n) is 6.53. The van der Waals surface area contributed by atoms with Gasteiger partial charge in [-0.1, -0.05) is 37.4 Å². The van der Waals surface area contributed by atoms with Gasteiger partial charge in [-0.3, -0.25) is 14.7 Å². The van der Waals surface area contributed by atoms with Crippen LogP contribution in [0.3, 0.4) is 0 Å². The Morgan fingerprint density at radius 3 is 2.96 bits per heavy atom. The topological polar surface area (TPSA) is 114 Å². The summed E-state index contributed by atoms with van der Waals surface area (Å²) in [5.74, 6) is 0.924. The molecular formula is C17H23N5O2S2. The Hall–Kier alpha value is -1.87. The third-order valence-corrected chi connectivity index (χ3v) is 6.39. The first-order valence-electron chi connectivity index (χ1n) is 8.79. The molecule has 1 aliphatic rings. The number of carbonyl (C=O) groups excluding carboxylic acids is 2. The first kappa shape index (κ1) is 18.9. The number of nitrogens with two attached hydrogens (primary N) is 1. The molecule has 1 saturated carbocycles. The number of amides is 2. The molecule has 1 fully saturated rings. The van der Waals surface area contributed by atoms with Gasteiger partial charge >= 0.3 is 0 Å². The van der Waals surface area contributed by atoms with Gasteiger partial charge < -0.3 is 11.1 Å². The van der Waals surface area contributed by atoms with Crippen molar-refractivity contribution in [3.8, 4) is 0 Å². The van der Waals surface area contributed by atoms with Crippen molar-refractivity contribution < 1.29 is 9.59 Å². The maximum absolute atomic E-state index is 12.4. The number of anilines is 1.